The average molecular weight is 298 g/mol. The molecule has 5 heteroatoms. The van der Waals surface area contributed by atoms with Crippen LogP contribution in [-0.2, 0) is 4.79 Å². The highest BCUT2D eigenvalue weighted by molar-refractivity contribution is 5.82. The number of carboxylic acid groups (broad SMARTS) is 1. The Kier molecular flexibility index (Phi) is 7.54. The van der Waals surface area contributed by atoms with Crippen LogP contribution in [0.1, 0.15) is 59.3 Å². The second-order valence-electron chi connectivity index (χ2n) is 6.84. The molecule has 3 N–H and O–H groups in total. The number of hydrogen-bond donors (Lipinski definition) is 3. The molecule has 0 unspecified atom stereocenters. The lowest BCUT2D eigenvalue weighted by Gasteiger charge is -2.26. The molecule has 0 aliphatic heterocycles. The molecule has 0 aromatic heterocycles. The highest BCUT2D eigenvalue weighted by atomic mass is 16.4. The van der Waals surface area contributed by atoms with Crippen molar-refractivity contribution >= 4 is 12.0 Å². The number of urea groups is 1. The van der Waals surface area contributed by atoms with E-state index in [-0.39, 0.29) is 11.9 Å². The van der Waals surface area contributed by atoms with Crippen LogP contribution in [0.15, 0.2) is 0 Å². The van der Waals surface area contributed by atoms with Crippen LogP contribution in [0.4, 0.5) is 4.79 Å². The predicted octanol–water partition coefficient (Wildman–Crippen LogP) is 3.00. The molecule has 0 saturated heterocycles. The first-order chi connectivity index (χ1) is 9.88. The van der Waals surface area contributed by atoms with Crippen molar-refractivity contribution in [3.63, 3.8) is 0 Å². The summed E-state index contributed by atoms with van der Waals surface area (Å²) in [4.78, 5) is 22.8. The molecule has 0 aromatic carbocycles. The van der Waals surface area contributed by atoms with Crippen LogP contribution < -0.4 is 10.6 Å². The first-order valence-corrected chi connectivity index (χ1v) is 8.15. The molecular formula is C16H30N2O3. The van der Waals surface area contributed by atoms with Gasteiger partial charge in [-0.05, 0) is 30.6 Å². The van der Waals surface area contributed by atoms with Crippen molar-refractivity contribution in [3.8, 4) is 0 Å². The van der Waals surface area contributed by atoms with Crippen LogP contribution in [-0.4, -0.2) is 29.7 Å². The maximum atomic E-state index is 11.7. The zero-order valence-corrected chi connectivity index (χ0v) is 13.5. The molecule has 0 heterocycles. The Morgan fingerprint density at radius 3 is 2.33 bits per heavy atom. The molecule has 1 aliphatic carbocycles. The fraction of sp³-hybridized carbons (Fsp3) is 0.875. The van der Waals surface area contributed by atoms with Gasteiger partial charge in [-0.1, -0.05) is 46.5 Å². The molecule has 1 saturated carbocycles. The fourth-order valence-corrected chi connectivity index (χ4v) is 2.91. The van der Waals surface area contributed by atoms with E-state index in [4.69, 9.17) is 5.11 Å². The molecule has 1 atom stereocenters. The third-order valence-corrected chi connectivity index (χ3v) is 4.28. The maximum Gasteiger partial charge on any atom is 0.326 e. The Morgan fingerprint density at radius 1 is 1.19 bits per heavy atom. The summed E-state index contributed by atoms with van der Waals surface area (Å²) in [6.45, 7) is 6.81. The van der Waals surface area contributed by atoms with Gasteiger partial charge in [0.1, 0.15) is 6.04 Å². The van der Waals surface area contributed by atoms with Crippen molar-refractivity contribution in [2.75, 3.05) is 6.54 Å². The van der Waals surface area contributed by atoms with Gasteiger partial charge < -0.3 is 15.7 Å². The molecule has 1 fully saturated rings. The van der Waals surface area contributed by atoms with Gasteiger partial charge >= 0.3 is 12.0 Å². The molecular weight excluding hydrogens is 268 g/mol. The number of carbonyl (C=O) groups is 2. The van der Waals surface area contributed by atoms with E-state index < -0.39 is 12.0 Å². The lowest BCUT2D eigenvalue weighted by atomic mass is 9.81. The number of amides is 2. The van der Waals surface area contributed by atoms with Gasteiger partial charge in [0, 0.05) is 6.54 Å². The van der Waals surface area contributed by atoms with Crippen LogP contribution in [0.25, 0.3) is 0 Å². The number of nitrogens with one attached hydrogen (secondary N) is 2. The Balaban J connectivity index is 2.22. The summed E-state index contributed by atoms with van der Waals surface area (Å²) < 4.78 is 0. The van der Waals surface area contributed by atoms with Gasteiger partial charge in [-0.2, -0.15) is 0 Å². The molecule has 21 heavy (non-hydrogen) atoms. The van der Waals surface area contributed by atoms with Crippen LogP contribution in [0.3, 0.4) is 0 Å². The Labute approximate surface area is 127 Å². The number of carboxylic acids is 1. The summed E-state index contributed by atoms with van der Waals surface area (Å²) in [5.41, 5.74) is 0. The topological polar surface area (TPSA) is 78.4 Å². The fourth-order valence-electron chi connectivity index (χ4n) is 2.91. The molecule has 0 bridgehead atoms. The molecule has 0 aromatic rings. The quantitative estimate of drug-likeness (QED) is 0.676. The molecule has 5 nitrogen and oxygen atoms in total. The summed E-state index contributed by atoms with van der Waals surface area (Å²) in [5.74, 6) is 0.799. The Morgan fingerprint density at radius 2 is 1.81 bits per heavy atom. The van der Waals surface area contributed by atoms with Gasteiger partial charge in [0.15, 0.2) is 0 Å². The zero-order chi connectivity index (χ0) is 15.8. The average Bonchev–Trinajstić information content (AvgIpc) is 2.39. The lowest BCUT2D eigenvalue weighted by molar-refractivity contribution is -0.139. The molecule has 1 rings (SSSR count). The van der Waals surface area contributed by atoms with Gasteiger partial charge in [-0.3, -0.25) is 0 Å². The van der Waals surface area contributed by atoms with E-state index in [1.54, 1.807) is 0 Å². The molecule has 0 radical (unpaired) electrons. The predicted molar refractivity (Wildman–Crippen MR) is 83.2 cm³/mol. The summed E-state index contributed by atoms with van der Waals surface area (Å²) in [6.07, 6.45) is 6.50. The summed E-state index contributed by atoms with van der Waals surface area (Å²) in [7, 11) is 0. The Hall–Kier alpha value is -1.26. The van der Waals surface area contributed by atoms with Crippen molar-refractivity contribution in [3.05, 3.63) is 0 Å². The first kappa shape index (κ1) is 17.8. The molecule has 0 spiro atoms. The number of rotatable bonds is 7. The van der Waals surface area contributed by atoms with Crippen LogP contribution in [0, 0.1) is 17.8 Å². The normalized spacial score (nSPS) is 23.6. The smallest absolute Gasteiger partial charge is 0.326 e. The lowest BCUT2D eigenvalue weighted by Crippen LogP contribution is -2.47. The van der Waals surface area contributed by atoms with Gasteiger partial charge in [0.25, 0.3) is 0 Å². The van der Waals surface area contributed by atoms with Crippen molar-refractivity contribution < 1.29 is 14.7 Å². The largest absolute Gasteiger partial charge is 0.480 e. The van der Waals surface area contributed by atoms with Gasteiger partial charge in [0.2, 0.25) is 0 Å². The van der Waals surface area contributed by atoms with Gasteiger partial charge in [0.05, 0.1) is 0 Å². The highest BCUT2D eigenvalue weighted by Crippen LogP contribution is 2.29. The SMILES string of the molecule is CC(C)C[C@@H](NC(=O)NCCC1CCC(C)CC1)C(=O)O. The molecule has 2 amide bonds. The summed E-state index contributed by atoms with van der Waals surface area (Å²) >= 11 is 0. The Bertz CT molecular complexity index is 336. The second kappa shape index (κ2) is 8.90. The zero-order valence-electron chi connectivity index (χ0n) is 13.5. The summed E-state index contributed by atoms with van der Waals surface area (Å²) in [6, 6.07) is -1.17. The summed E-state index contributed by atoms with van der Waals surface area (Å²) in [5, 5.41) is 14.4. The molecule has 1 aliphatic rings. The van der Waals surface area contributed by atoms with Crippen LogP contribution in [0.2, 0.25) is 0 Å². The maximum absolute atomic E-state index is 11.7. The van der Waals surface area contributed by atoms with E-state index in [0.717, 1.165) is 12.3 Å². The third kappa shape index (κ3) is 7.34. The van der Waals surface area contributed by atoms with Gasteiger partial charge in [-0.25, -0.2) is 9.59 Å². The van der Waals surface area contributed by atoms with Crippen molar-refractivity contribution in [1.82, 2.24) is 10.6 Å². The van der Waals surface area contributed by atoms with E-state index in [1.165, 1.54) is 25.7 Å². The highest BCUT2D eigenvalue weighted by Gasteiger charge is 2.21. The third-order valence-electron chi connectivity index (χ3n) is 4.28. The van der Waals surface area contributed by atoms with Crippen molar-refractivity contribution in [2.45, 2.75) is 65.3 Å². The number of hydrogen-bond acceptors (Lipinski definition) is 2. The number of carbonyl (C=O) groups excluding carboxylic acids is 1. The van der Waals surface area contributed by atoms with E-state index in [2.05, 4.69) is 17.6 Å². The van der Waals surface area contributed by atoms with Crippen LogP contribution in [0.5, 0.6) is 0 Å². The van der Waals surface area contributed by atoms with E-state index >= 15 is 0 Å². The van der Waals surface area contributed by atoms with Crippen molar-refractivity contribution in [2.24, 2.45) is 17.8 Å². The minimum Gasteiger partial charge on any atom is -0.480 e. The standard InChI is InChI=1S/C16H30N2O3/c1-11(2)10-14(15(19)20)18-16(21)17-9-8-13-6-4-12(3)5-7-13/h11-14H,4-10H2,1-3H3,(H,19,20)(H2,17,18,21)/t12?,13?,14-/m1/s1. The number of aliphatic carboxylic acids is 1. The van der Waals surface area contributed by atoms with E-state index in [9.17, 15) is 9.59 Å². The molecule has 122 valence electrons. The second-order valence-corrected chi connectivity index (χ2v) is 6.84. The minimum atomic E-state index is -0.972. The van der Waals surface area contributed by atoms with Gasteiger partial charge in [-0.15, -0.1) is 0 Å². The van der Waals surface area contributed by atoms with Crippen molar-refractivity contribution in [1.29, 1.82) is 0 Å². The first-order valence-electron chi connectivity index (χ1n) is 8.15. The van der Waals surface area contributed by atoms with E-state index in [1.807, 2.05) is 13.8 Å². The van der Waals surface area contributed by atoms with E-state index in [0.29, 0.717) is 18.9 Å². The minimum absolute atomic E-state index is 0.232. The van der Waals surface area contributed by atoms with Crippen LogP contribution >= 0.6 is 0 Å². The monoisotopic (exact) mass is 298 g/mol.